The van der Waals surface area contributed by atoms with E-state index in [1.165, 1.54) is 12.1 Å². The summed E-state index contributed by atoms with van der Waals surface area (Å²) in [6, 6.07) is 20.5. The summed E-state index contributed by atoms with van der Waals surface area (Å²) >= 11 is 0. The van der Waals surface area contributed by atoms with Crippen LogP contribution >= 0.6 is 0 Å². The first-order valence-electron chi connectivity index (χ1n) is 7.79. The van der Waals surface area contributed by atoms with Gasteiger partial charge >= 0.3 is 0 Å². The van der Waals surface area contributed by atoms with Gasteiger partial charge in [0.05, 0.1) is 0 Å². The molecule has 3 heteroatoms. The van der Waals surface area contributed by atoms with Crippen molar-refractivity contribution in [3.63, 3.8) is 0 Å². The average molecular weight is 317 g/mol. The number of anilines is 1. The van der Waals surface area contributed by atoms with Crippen LogP contribution in [-0.4, -0.2) is 0 Å². The molecule has 0 amide bonds. The quantitative estimate of drug-likeness (QED) is 0.649. The zero-order chi connectivity index (χ0) is 16.5. The van der Waals surface area contributed by atoms with Gasteiger partial charge in [-0.1, -0.05) is 36.4 Å². The summed E-state index contributed by atoms with van der Waals surface area (Å²) in [5.41, 5.74) is 11.7. The Bertz CT molecular complexity index is 946. The molecule has 2 N–H and O–H groups in total. The molecule has 0 saturated carbocycles. The molecule has 24 heavy (non-hydrogen) atoms. The van der Waals surface area contributed by atoms with E-state index in [1.807, 2.05) is 42.5 Å². The second kappa shape index (κ2) is 5.85. The van der Waals surface area contributed by atoms with E-state index in [0.717, 1.165) is 27.8 Å². The van der Waals surface area contributed by atoms with Crippen molar-refractivity contribution in [1.29, 1.82) is 0 Å². The summed E-state index contributed by atoms with van der Waals surface area (Å²) in [6.07, 6.45) is 2.07. The van der Waals surface area contributed by atoms with E-state index in [9.17, 15) is 4.39 Å². The van der Waals surface area contributed by atoms with Gasteiger partial charge in [-0.25, -0.2) is 4.39 Å². The highest BCUT2D eigenvalue weighted by Gasteiger charge is 2.19. The van der Waals surface area contributed by atoms with Crippen LogP contribution in [-0.2, 0) is 6.61 Å². The van der Waals surface area contributed by atoms with Gasteiger partial charge in [0, 0.05) is 17.3 Å². The van der Waals surface area contributed by atoms with Gasteiger partial charge in [0.15, 0.2) is 0 Å². The van der Waals surface area contributed by atoms with E-state index in [0.29, 0.717) is 18.0 Å². The van der Waals surface area contributed by atoms with E-state index in [2.05, 4.69) is 12.1 Å². The minimum Gasteiger partial charge on any atom is -0.488 e. The standard InChI is InChI=1S/C21H16FNO/c22-16-8-9-19-20(11-14-4-3-6-17(23)10-14)18-7-2-1-5-15(18)13-24-21(19)12-16/h1-12H,13,23H2. The molecule has 0 aromatic heterocycles. The molecule has 0 atom stereocenters. The number of rotatable bonds is 1. The second-order valence-electron chi connectivity index (χ2n) is 5.81. The number of ether oxygens (including phenoxy) is 1. The molecule has 0 spiro atoms. The fourth-order valence-electron chi connectivity index (χ4n) is 3.02. The Morgan fingerprint density at radius 2 is 1.79 bits per heavy atom. The largest absolute Gasteiger partial charge is 0.488 e. The van der Waals surface area contributed by atoms with Crippen molar-refractivity contribution >= 4 is 17.3 Å². The van der Waals surface area contributed by atoms with Crippen LogP contribution in [0.25, 0.3) is 11.6 Å². The maximum atomic E-state index is 13.6. The smallest absolute Gasteiger partial charge is 0.130 e. The fourth-order valence-corrected chi connectivity index (χ4v) is 3.02. The second-order valence-corrected chi connectivity index (χ2v) is 5.81. The van der Waals surface area contributed by atoms with Crippen molar-refractivity contribution in [3.8, 4) is 5.75 Å². The Hall–Kier alpha value is -3.07. The topological polar surface area (TPSA) is 35.2 Å². The number of hydrogen-bond acceptors (Lipinski definition) is 2. The van der Waals surface area contributed by atoms with Crippen LogP contribution in [0.5, 0.6) is 5.75 Å². The molecule has 4 rings (SSSR count). The molecule has 0 fully saturated rings. The lowest BCUT2D eigenvalue weighted by Gasteiger charge is -2.11. The molecule has 0 radical (unpaired) electrons. The van der Waals surface area contributed by atoms with Gasteiger partial charge in [-0.2, -0.15) is 0 Å². The third kappa shape index (κ3) is 2.65. The Balaban J connectivity index is 1.97. The molecule has 118 valence electrons. The Labute approximate surface area is 140 Å². The zero-order valence-electron chi connectivity index (χ0n) is 13.0. The van der Waals surface area contributed by atoms with Crippen molar-refractivity contribution in [3.05, 3.63) is 94.8 Å². The highest BCUT2D eigenvalue weighted by molar-refractivity contribution is 5.95. The van der Waals surface area contributed by atoms with E-state index in [-0.39, 0.29) is 5.82 Å². The Kier molecular flexibility index (Phi) is 3.54. The first kappa shape index (κ1) is 14.5. The maximum absolute atomic E-state index is 13.6. The molecule has 3 aromatic rings. The summed E-state index contributed by atoms with van der Waals surface area (Å²) in [5, 5.41) is 0. The lowest BCUT2D eigenvalue weighted by atomic mass is 9.92. The van der Waals surface area contributed by atoms with Gasteiger partial charge in [-0.15, -0.1) is 0 Å². The predicted molar refractivity (Wildman–Crippen MR) is 95.0 cm³/mol. The lowest BCUT2D eigenvalue weighted by molar-refractivity contribution is 0.305. The summed E-state index contributed by atoms with van der Waals surface area (Å²) in [6.45, 7) is 0.418. The molecular formula is C21H16FNO. The van der Waals surface area contributed by atoms with Gasteiger partial charge in [0.25, 0.3) is 0 Å². The molecule has 1 aliphatic rings. The maximum Gasteiger partial charge on any atom is 0.130 e. The first-order chi connectivity index (χ1) is 11.7. The van der Waals surface area contributed by atoms with Crippen molar-refractivity contribution in [1.82, 2.24) is 0 Å². The zero-order valence-corrected chi connectivity index (χ0v) is 13.0. The third-order valence-corrected chi connectivity index (χ3v) is 4.15. The van der Waals surface area contributed by atoms with E-state index in [1.54, 1.807) is 6.07 Å². The molecule has 0 saturated heterocycles. The SMILES string of the molecule is Nc1cccc(C=C2c3ccccc3COc3cc(F)ccc32)c1. The van der Waals surface area contributed by atoms with Gasteiger partial charge in [0.2, 0.25) is 0 Å². The fraction of sp³-hybridized carbons (Fsp3) is 0.0476. The number of fused-ring (bicyclic) bond motifs is 2. The molecule has 0 unspecified atom stereocenters. The summed E-state index contributed by atoms with van der Waals surface area (Å²) in [4.78, 5) is 0. The van der Waals surface area contributed by atoms with Crippen LogP contribution in [0, 0.1) is 5.82 Å². The van der Waals surface area contributed by atoms with Gasteiger partial charge in [-0.05, 0) is 52.6 Å². The van der Waals surface area contributed by atoms with Crippen LogP contribution in [0.4, 0.5) is 10.1 Å². The number of nitrogen functional groups attached to an aromatic ring is 1. The highest BCUT2D eigenvalue weighted by atomic mass is 19.1. The number of hydrogen-bond donors (Lipinski definition) is 1. The lowest BCUT2D eigenvalue weighted by Crippen LogP contribution is -1.95. The van der Waals surface area contributed by atoms with Crippen LogP contribution in [0.3, 0.4) is 0 Å². The minimum absolute atomic E-state index is 0.303. The van der Waals surface area contributed by atoms with Crippen LogP contribution in [0.2, 0.25) is 0 Å². The van der Waals surface area contributed by atoms with Crippen LogP contribution in [0.1, 0.15) is 22.3 Å². The molecular weight excluding hydrogens is 301 g/mol. The van der Waals surface area contributed by atoms with Crippen LogP contribution < -0.4 is 10.5 Å². The highest BCUT2D eigenvalue weighted by Crippen LogP contribution is 2.38. The average Bonchev–Trinajstić information content (AvgIpc) is 2.73. The number of halogens is 1. The predicted octanol–water partition coefficient (Wildman–Crippen LogP) is 4.89. The van der Waals surface area contributed by atoms with Crippen LogP contribution in [0.15, 0.2) is 66.7 Å². The summed E-state index contributed by atoms with van der Waals surface area (Å²) in [7, 11) is 0. The molecule has 1 heterocycles. The van der Waals surface area contributed by atoms with Crippen molar-refractivity contribution in [2.45, 2.75) is 6.61 Å². The van der Waals surface area contributed by atoms with Crippen molar-refractivity contribution in [2.75, 3.05) is 5.73 Å². The number of benzene rings is 3. The molecule has 2 nitrogen and oxygen atoms in total. The van der Waals surface area contributed by atoms with Crippen molar-refractivity contribution < 1.29 is 9.13 Å². The molecule has 3 aromatic carbocycles. The van der Waals surface area contributed by atoms with E-state index < -0.39 is 0 Å². The van der Waals surface area contributed by atoms with Gasteiger partial charge in [-0.3, -0.25) is 0 Å². The minimum atomic E-state index is -0.303. The van der Waals surface area contributed by atoms with Crippen molar-refractivity contribution in [2.24, 2.45) is 0 Å². The van der Waals surface area contributed by atoms with Gasteiger partial charge < -0.3 is 10.5 Å². The molecule has 1 aliphatic heterocycles. The third-order valence-electron chi connectivity index (χ3n) is 4.15. The Morgan fingerprint density at radius 1 is 0.917 bits per heavy atom. The molecule has 0 bridgehead atoms. The van der Waals surface area contributed by atoms with Gasteiger partial charge in [0.1, 0.15) is 18.2 Å². The normalized spacial score (nSPS) is 14.5. The summed E-state index contributed by atoms with van der Waals surface area (Å²) < 4.78 is 19.5. The monoisotopic (exact) mass is 317 g/mol. The van der Waals surface area contributed by atoms with E-state index >= 15 is 0 Å². The Morgan fingerprint density at radius 3 is 2.67 bits per heavy atom. The first-order valence-corrected chi connectivity index (χ1v) is 7.79. The number of nitrogens with two attached hydrogens (primary N) is 1. The van der Waals surface area contributed by atoms with E-state index in [4.69, 9.17) is 10.5 Å². The molecule has 0 aliphatic carbocycles. The summed E-state index contributed by atoms with van der Waals surface area (Å²) in [5.74, 6) is 0.254.